The molecule has 0 saturated heterocycles. The zero-order valence-corrected chi connectivity index (χ0v) is 9.77. The molecule has 0 unspecified atom stereocenters. The Morgan fingerprint density at radius 3 is 2.82 bits per heavy atom. The number of pyridine rings is 1. The molecule has 0 aliphatic carbocycles. The number of aromatic carboxylic acids is 1. The lowest BCUT2D eigenvalue weighted by Crippen LogP contribution is -2.19. The van der Waals surface area contributed by atoms with Gasteiger partial charge in [-0.1, -0.05) is 0 Å². The largest absolute Gasteiger partial charge is 0.478 e. The van der Waals surface area contributed by atoms with Gasteiger partial charge in [0.1, 0.15) is 0 Å². The van der Waals surface area contributed by atoms with Crippen molar-refractivity contribution in [3.8, 4) is 0 Å². The number of carbonyl (C=O) groups is 1. The molecule has 8 heteroatoms. The van der Waals surface area contributed by atoms with E-state index < -0.39 is 16.0 Å². The van der Waals surface area contributed by atoms with Crippen molar-refractivity contribution in [2.75, 3.05) is 17.6 Å². The normalized spacial score (nSPS) is 11.1. The topological polar surface area (TPSA) is 122 Å². The molecule has 0 amide bonds. The minimum Gasteiger partial charge on any atom is -0.478 e. The highest BCUT2D eigenvalue weighted by molar-refractivity contribution is 7.89. The molecule has 94 valence electrons. The number of rotatable bonds is 6. The van der Waals surface area contributed by atoms with Crippen LogP contribution in [0.15, 0.2) is 18.5 Å². The van der Waals surface area contributed by atoms with Gasteiger partial charge in [0, 0.05) is 12.7 Å². The van der Waals surface area contributed by atoms with Crippen molar-refractivity contribution in [2.24, 2.45) is 5.14 Å². The fourth-order valence-corrected chi connectivity index (χ4v) is 1.76. The molecule has 1 aromatic rings. The van der Waals surface area contributed by atoms with Crippen LogP contribution in [0.1, 0.15) is 16.8 Å². The maximum absolute atomic E-state index is 10.8. The van der Waals surface area contributed by atoms with E-state index in [9.17, 15) is 13.2 Å². The Bertz CT molecular complexity index is 501. The van der Waals surface area contributed by atoms with E-state index >= 15 is 0 Å². The number of anilines is 1. The lowest BCUT2D eigenvalue weighted by Gasteiger charge is -2.07. The lowest BCUT2D eigenvalue weighted by molar-refractivity contribution is 0.0698. The smallest absolute Gasteiger partial charge is 0.337 e. The lowest BCUT2D eigenvalue weighted by atomic mass is 10.2. The molecule has 1 heterocycles. The highest BCUT2D eigenvalue weighted by Gasteiger charge is 2.09. The second-order valence-corrected chi connectivity index (χ2v) is 5.11. The number of carboxylic acid groups (broad SMARTS) is 1. The summed E-state index contributed by atoms with van der Waals surface area (Å²) in [6, 6.07) is 1.37. The molecule has 4 N–H and O–H groups in total. The van der Waals surface area contributed by atoms with Gasteiger partial charge < -0.3 is 10.4 Å². The van der Waals surface area contributed by atoms with Crippen LogP contribution in [-0.4, -0.2) is 36.8 Å². The third-order valence-electron chi connectivity index (χ3n) is 1.97. The summed E-state index contributed by atoms with van der Waals surface area (Å²) >= 11 is 0. The summed E-state index contributed by atoms with van der Waals surface area (Å²) < 4.78 is 21.3. The quantitative estimate of drug-likeness (QED) is 0.612. The van der Waals surface area contributed by atoms with E-state index in [1.54, 1.807) is 0 Å². The molecule has 0 atom stereocenters. The van der Waals surface area contributed by atoms with Crippen LogP contribution in [0.5, 0.6) is 0 Å². The highest BCUT2D eigenvalue weighted by atomic mass is 32.2. The van der Waals surface area contributed by atoms with Crippen molar-refractivity contribution in [1.82, 2.24) is 4.98 Å². The number of nitrogens with zero attached hydrogens (tertiary/aromatic N) is 1. The molecule has 0 bridgehead atoms. The van der Waals surface area contributed by atoms with E-state index in [0.29, 0.717) is 18.7 Å². The average Bonchev–Trinajstić information content (AvgIpc) is 2.23. The van der Waals surface area contributed by atoms with Gasteiger partial charge in [0.05, 0.1) is 23.2 Å². The zero-order chi connectivity index (χ0) is 12.9. The number of nitrogens with one attached hydrogen (secondary N) is 1. The first kappa shape index (κ1) is 13.4. The molecule has 0 aliphatic heterocycles. The molecule has 1 aromatic heterocycles. The van der Waals surface area contributed by atoms with Gasteiger partial charge in [0.25, 0.3) is 0 Å². The number of hydrogen-bond donors (Lipinski definition) is 3. The third-order valence-corrected chi connectivity index (χ3v) is 2.83. The van der Waals surface area contributed by atoms with Gasteiger partial charge in [-0.05, 0) is 12.5 Å². The molecule has 1 rings (SSSR count). The van der Waals surface area contributed by atoms with E-state index in [4.69, 9.17) is 10.2 Å². The van der Waals surface area contributed by atoms with E-state index in [-0.39, 0.29) is 11.3 Å². The predicted octanol–water partition coefficient (Wildman–Crippen LogP) is -0.130. The van der Waals surface area contributed by atoms with Gasteiger partial charge in [-0.3, -0.25) is 4.98 Å². The summed E-state index contributed by atoms with van der Waals surface area (Å²) in [5.41, 5.74) is 0.449. The first-order chi connectivity index (χ1) is 7.90. The fraction of sp³-hybridized carbons (Fsp3) is 0.333. The van der Waals surface area contributed by atoms with Crippen LogP contribution in [0.2, 0.25) is 0 Å². The summed E-state index contributed by atoms with van der Waals surface area (Å²) in [6.45, 7) is 0.308. The van der Waals surface area contributed by atoms with Crippen molar-refractivity contribution < 1.29 is 18.3 Å². The number of aromatic nitrogens is 1. The molecule has 0 saturated carbocycles. The molecular weight excluding hydrogens is 246 g/mol. The van der Waals surface area contributed by atoms with Gasteiger partial charge >= 0.3 is 5.97 Å². The standard InChI is InChI=1S/C9H13N3O4S/c10-17(15,16)5-1-3-12-8-6-11-4-2-7(8)9(13)14/h2,4,6,12H,1,3,5H2,(H,13,14)(H2,10,15,16). The first-order valence-electron chi connectivity index (χ1n) is 4.82. The van der Waals surface area contributed by atoms with E-state index in [1.807, 2.05) is 0 Å². The molecule has 0 aliphatic rings. The number of sulfonamides is 1. The van der Waals surface area contributed by atoms with Crippen LogP contribution in [0.3, 0.4) is 0 Å². The minimum atomic E-state index is -3.48. The summed E-state index contributed by atoms with van der Waals surface area (Å²) in [6.07, 6.45) is 3.05. The van der Waals surface area contributed by atoms with Crippen molar-refractivity contribution >= 4 is 21.7 Å². The van der Waals surface area contributed by atoms with Crippen LogP contribution in [0.25, 0.3) is 0 Å². The highest BCUT2D eigenvalue weighted by Crippen LogP contribution is 2.12. The van der Waals surface area contributed by atoms with E-state index in [1.165, 1.54) is 18.5 Å². The molecule has 7 nitrogen and oxygen atoms in total. The summed E-state index contributed by atoms with van der Waals surface area (Å²) in [5.74, 6) is -1.22. The summed E-state index contributed by atoms with van der Waals surface area (Å²) in [5, 5.41) is 16.5. The van der Waals surface area contributed by atoms with Crippen LogP contribution in [0.4, 0.5) is 5.69 Å². The number of nitrogens with two attached hydrogens (primary N) is 1. The van der Waals surface area contributed by atoms with Crippen LogP contribution >= 0.6 is 0 Å². The minimum absolute atomic E-state index is 0.0932. The number of hydrogen-bond acceptors (Lipinski definition) is 5. The maximum Gasteiger partial charge on any atom is 0.337 e. The van der Waals surface area contributed by atoms with Gasteiger partial charge in [-0.25, -0.2) is 18.4 Å². The first-order valence-corrected chi connectivity index (χ1v) is 6.53. The number of primary sulfonamides is 1. The van der Waals surface area contributed by atoms with Crippen molar-refractivity contribution in [1.29, 1.82) is 0 Å². The van der Waals surface area contributed by atoms with Crippen LogP contribution < -0.4 is 10.5 Å². The molecule has 0 fully saturated rings. The van der Waals surface area contributed by atoms with Gasteiger partial charge in [-0.2, -0.15) is 0 Å². The molecule has 0 radical (unpaired) electrons. The maximum atomic E-state index is 10.8. The van der Waals surface area contributed by atoms with Crippen LogP contribution in [0, 0.1) is 0 Å². The Balaban J connectivity index is 2.55. The monoisotopic (exact) mass is 259 g/mol. The van der Waals surface area contributed by atoms with Crippen LogP contribution in [-0.2, 0) is 10.0 Å². The SMILES string of the molecule is NS(=O)(=O)CCCNc1cnccc1C(=O)O. The van der Waals surface area contributed by atoms with Gasteiger partial charge in [0.15, 0.2) is 0 Å². The fourth-order valence-electron chi connectivity index (χ4n) is 1.22. The zero-order valence-electron chi connectivity index (χ0n) is 8.96. The average molecular weight is 259 g/mol. The van der Waals surface area contributed by atoms with Crippen molar-refractivity contribution in [3.05, 3.63) is 24.0 Å². The second-order valence-electron chi connectivity index (χ2n) is 3.37. The van der Waals surface area contributed by atoms with Crippen molar-refractivity contribution in [3.63, 3.8) is 0 Å². The van der Waals surface area contributed by atoms with Crippen molar-refractivity contribution in [2.45, 2.75) is 6.42 Å². The van der Waals surface area contributed by atoms with Gasteiger partial charge in [-0.15, -0.1) is 0 Å². The molecule has 0 aromatic carbocycles. The Hall–Kier alpha value is -1.67. The summed E-state index contributed by atoms with van der Waals surface area (Å²) in [4.78, 5) is 14.6. The summed E-state index contributed by atoms with van der Waals surface area (Å²) in [7, 11) is -3.48. The Labute approximate surface area is 98.7 Å². The van der Waals surface area contributed by atoms with E-state index in [0.717, 1.165) is 0 Å². The predicted molar refractivity (Wildman–Crippen MR) is 62.3 cm³/mol. The Morgan fingerprint density at radius 2 is 2.24 bits per heavy atom. The Kier molecular flexibility index (Phi) is 4.41. The Morgan fingerprint density at radius 1 is 1.53 bits per heavy atom. The number of carboxylic acids is 1. The molecule has 0 spiro atoms. The molecule has 17 heavy (non-hydrogen) atoms. The van der Waals surface area contributed by atoms with E-state index in [2.05, 4.69) is 10.3 Å². The van der Waals surface area contributed by atoms with Gasteiger partial charge in [0.2, 0.25) is 10.0 Å². The molecular formula is C9H13N3O4S. The third kappa shape index (κ3) is 4.79. The second kappa shape index (κ2) is 5.60.